The summed E-state index contributed by atoms with van der Waals surface area (Å²) in [4.78, 5) is 12.0. The number of carbonyl (C=O) groups is 1. The highest BCUT2D eigenvalue weighted by molar-refractivity contribution is 6.17. The monoisotopic (exact) mass is 368 g/mol. The van der Waals surface area contributed by atoms with Crippen LogP contribution < -0.4 is 10.9 Å². The van der Waals surface area contributed by atoms with E-state index >= 15 is 0 Å². The Labute approximate surface area is 153 Å². The number of hydrogen-bond acceptors (Lipinski definition) is 3. The number of hydrogen-bond donors (Lipinski definition) is 2. The Kier molecular flexibility index (Phi) is 6.71. The van der Waals surface area contributed by atoms with E-state index in [2.05, 4.69) is 10.9 Å². The number of allylic oxidation sites excluding steroid dienone is 2. The van der Waals surface area contributed by atoms with Crippen molar-refractivity contribution in [3.8, 4) is 0 Å². The molecule has 0 aromatic heterocycles. The summed E-state index contributed by atoms with van der Waals surface area (Å²) in [6.45, 7) is 5.40. The van der Waals surface area contributed by atoms with Crippen LogP contribution in [0.25, 0.3) is 0 Å². The molecule has 1 saturated carbocycles. The second-order valence-electron chi connectivity index (χ2n) is 7.17. The molecule has 1 amide bonds. The zero-order valence-electron chi connectivity index (χ0n) is 15.0. The number of nitrogens with one attached hydrogen (secondary N) is 2. The largest absolute Gasteiger partial charge is 0.443 e. The summed E-state index contributed by atoms with van der Waals surface area (Å²) in [5, 5.41) is 0. The van der Waals surface area contributed by atoms with Gasteiger partial charge in [-0.15, -0.1) is 11.6 Å². The molecule has 4 nitrogen and oxygen atoms in total. The summed E-state index contributed by atoms with van der Waals surface area (Å²) in [7, 11) is 0. The molecule has 0 radical (unpaired) electrons. The van der Waals surface area contributed by atoms with Gasteiger partial charge in [-0.25, -0.2) is 14.6 Å². The van der Waals surface area contributed by atoms with Gasteiger partial charge in [-0.05, 0) is 63.7 Å². The molecule has 1 fully saturated rings. The van der Waals surface area contributed by atoms with Crippen molar-refractivity contribution in [3.63, 3.8) is 0 Å². The van der Waals surface area contributed by atoms with Crippen molar-refractivity contribution >= 4 is 17.7 Å². The van der Waals surface area contributed by atoms with Crippen LogP contribution in [-0.2, 0) is 4.74 Å². The smallest absolute Gasteiger partial charge is 0.426 e. The van der Waals surface area contributed by atoms with Crippen LogP contribution in [-0.4, -0.2) is 17.6 Å². The molecular formula is C19H26ClFN2O2. The van der Waals surface area contributed by atoms with Crippen molar-refractivity contribution in [2.24, 2.45) is 0 Å². The van der Waals surface area contributed by atoms with E-state index in [4.69, 9.17) is 16.3 Å². The van der Waals surface area contributed by atoms with E-state index < -0.39 is 11.7 Å². The Morgan fingerprint density at radius 3 is 2.48 bits per heavy atom. The summed E-state index contributed by atoms with van der Waals surface area (Å²) in [6.07, 6.45) is 2.97. The molecule has 0 bridgehead atoms. The molecule has 138 valence electrons. The molecule has 0 heterocycles. The van der Waals surface area contributed by atoms with Gasteiger partial charge in [0.05, 0.1) is 0 Å². The molecular weight excluding hydrogens is 343 g/mol. The molecule has 0 aliphatic heterocycles. The van der Waals surface area contributed by atoms with Crippen LogP contribution in [0.5, 0.6) is 0 Å². The first-order chi connectivity index (χ1) is 11.8. The molecule has 1 aliphatic rings. The highest BCUT2D eigenvalue weighted by Gasteiger charge is 2.26. The van der Waals surface area contributed by atoms with Gasteiger partial charge in [0.2, 0.25) is 0 Å². The van der Waals surface area contributed by atoms with Crippen LogP contribution >= 0.6 is 11.6 Å². The molecule has 1 aromatic rings. The number of alkyl halides is 1. The fourth-order valence-electron chi connectivity index (χ4n) is 2.79. The molecule has 25 heavy (non-hydrogen) atoms. The molecule has 1 atom stereocenters. The van der Waals surface area contributed by atoms with E-state index in [1.165, 1.54) is 11.6 Å². The minimum absolute atomic E-state index is 0.232. The number of hydrazine groups is 1. The van der Waals surface area contributed by atoms with Crippen LogP contribution in [0.3, 0.4) is 0 Å². The maximum absolute atomic E-state index is 14.3. The summed E-state index contributed by atoms with van der Waals surface area (Å²) in [5.74, 6) is -0.109. The molecule has 1 unspecified atom stereocenters. The minimum Gasteiger partial charge on any atom is -0.443 e. The van der Waals surface area contributed by atoms with Gasteiger partial charge in [-0.2, -0.15) is 0 Å². The fraction of sp³-hybridized carbons (Fsp3) is 0.526. The minimum atomic E-state index is -0.587. The highest BCUT2D eigenvalue weighted by Crippen LogP contribution is 2.37. The Balaban J connectivity index is 2.21. The van der Waals surface area contributed by atoms with Gasteiger partial charge in [-0.3, -0.25) is 5.43 Å². The molecule has 1 aromatic carbocycles. The van der Waals surface area contributed by atoms with Gasteiger partial charge in [0.25, 0.3) is 0 Å². The molecule has 6 heteroatoms. The quantitative estimate of drug-likeness (QED) is 0.548. The van der Waals surface area contributed by atoms with Gasteiger partial charge in [0, 0.05) is 17.5 Å². The van der Waals surface area contributed by atoms with Crippen molar-refractivity contribution in [1.29, 1.82) is 0 Å². The lowest BCUT2D eigenvalue weighted by Gasteiger charge is -2.30. The number of halogens is 2. The van der Waals surface area contributed by atoms with E-state index in [1.807, 2.05) is 6.07 Å². The number of rotatable bonds is 6. The number of amides is 1. The van der Waals surface area contributed by atoms with Crippen molar-refractivity contribution in [3.05, 3.63) is 46.9 Å². The summed E-state index contributed by atoms with van der Waals surface area (Å²) < 4.78 is 19.6. The lowest BCUT2D eigenvalue weighted by Crippen LogP contribution is -2.42. The summed E-state index contributed by atoms with van der Waals surface area (Å²) in [6, 6.07) is 6.69. The Morgan fingerprint density at radius 2 is 1.96 bits per heavy atom. The second-order valence-corrected chi connectivity index (χ2v) is 7.55. The van der Waals surface area contributed by atoms with E-state index in [9.17, 15) is 9.18 Å². The highest BCUT2D eigenvalue weighted by atomic mass is 35.5. The van der Waals surface area contributed by atoms with Crippen molar-refractivity contribution in [2.45, 2.75) is 58.0 Å². The molecule has 2 N–H and O–H groups in total. The fourth-order valence-corrected chi connectivity index (χ4v) is 3.01. The zero-order valence-corrected chi connectivity index (χ0v) is 15.8. The Bertz CT molecular complexity index is 635. The van der Waals surface area contributed by atoms with Gasteiger partial charge < -0.3 is 4.74 Å². The lowest BCUT2D eigenvalue weighted by molar-refractivity contribution is 0.0504. The summed E-state index contributed by atoms with van der Waals surface area (Å²) in [5.41, 5.74) is 7.57. The third kappa shape index (κ3) is 5.63. The van der Waals surface area contributed by atoms with Crippen LogP contribution in [0.15, 0.2) is 35.5 Å². The third-order valence-corrected chi connectivity index (χ3v) is 4.28. The predicted octanol–water partition coefficient (Wildman–Crippen LogP) is 5.01. The van der Waals surface area contributed by atoms with E-state index in [0.29, 0.717) is 17.9 Å². The zero-order chi connectivity index (χ0) is 18.4. The average molecular weight is 369 g/mol. The first-order valence-corrected chi connectivity index (χ1v) is 9.12. The Hall–Kier alpha value is -1.75. The first-order valence-electron chi connectivity index (χ1n) is 8.59. The molecule has 2 rings (SSSR count). The van der Waals surface area contributed by atoms with Crippen LogP contribution in [0.2, 0.25) is 0 Å². The third-order valence-electron chi connectivity index (χ3n) is 4.06. The lowest BCUT2D eigenvalue weighted by atomic mass is 9.83. The van der Waals surface area contributed by atoms with E-state index in [0.717, 1.165) is 25.0 Å². The van der Waals surface area contributed by atoms with Gasteiger partial charge in [0.15, 0.2) is 0 Å². The molecule has 0 spiro atoms. The number of benzene rings is 1. The van der Waals surface area contributed by atoms with E-state index in [1.54, 1.807) is 32.9 Å². The van der Waals surface area contributed by atoms with Crippen molar-refractivity contribution in [2.75, 3.05) is 5.88 Å². The molecule has 1 aliphatic carbocycles. The second kappa shape index (κ2) is 8.56. The van der Waals surface area contributed by atoms with Crippen molar-refractivity contribution < 1.29 is 13.9 Å². The number of ether oxygens (including phenoxy) is 1. The maximum atomic E-state index is 14.3. The average Bonchev–Trinajstić information content (AvgIpc) is 2.46. The van der Waals surface area contributed by atoms with Crippen LogP contribution in [0.4, 0.5) is 9.18 Å². The normalized spacial score (nSPS) is 15.2. The van der Waals surface area contributed by atoms with E-state index in [-0.39, 0.29) is 11.7 Å². The predicted molar refractivity (Wildman–Crippen MR) is 97.9 cm³/mol. The van der Waals surface area contributed by atoms with Gasteiger partial charge >= 0.3 is 6.09 Å². The SMILES string of the molecule is CC(C)(C)OC(=O)NNC(=C1CCC1)C(CCCl)c1ccccc1F. The molecule has 0 saturated heterocycles. The van der Waals surface area contributed by atoms with Crippen LogP contribution in [0.1, 0.15) is 57.9 Å². The van der Waals surface area contributed by atoms with Crippen molar-refractivity contribution in [1.82, 2.24) is 10.9 Å². The summed E-state index contributed by atoms with van der Waals surface area (Å²) >= 11 is 5.97. The standard InChI is InChI=1S/C19H26ClFN2O2/c1-19(2,3)25-18(24)23-22-17(13-7-6-8-13)15(11-12-20)14-9-4-5-10-16(14)21/h4-5,9-10,15,22H,6-8,11-12H2,1-3H3,(H,23,24). The Morgan fingerprint density at radius 1 is 1.28 bits per heavy atom. The van der Waals surface area contributed by atoms with Gasteiger partial charge in [0.1, 0.15) is 11.4 Å². The first kappa shape index (κ1) is 19.6. The van der Waals surface area contributed by atoms with Crippen LogP contribution in [0, 0.1) is 5.82 Å². The topological polar surface area (TPSA) is 50.4 Å². The maximum Gasteiger partial charge on any atom is 0.426 e. The van der Waals surface area contributed by atoms with Gasteiger partial charge in [-0.1, -0.05) is 18.2 Å². The number of carbonyl (C=O) groups excluding carboxylic acids is 1.